The maximum absolute atomic E-state index is 11.2. The molecule has 0 bridgehead atoms. The highest BCUT2D eigenvalue weighted by atomic mass is 32.2. The van der Waals surface area contributed by atoms with E-state index in [0.717, 1.165) is 44.3 Å². The van der Waals surface area contributed by atoms with E-state index >= 15 is 0 Å². The van der Waals surface area contributed by atoms with Gasteiger partial charge in [-0.15, -0.1) is 0 Å². The number of aryl methyl sites for hydroxylation is 1. The monoisotopic (exact) mass is 382 g/mol. The average molecular weight is 382 g/mol. The molecule has 0 heterocycles. The predicted molar refractivity (Wildman–Crippen MR) is 97.2 cm³/mol. The maximum atomic E-state index is 11.2. The fourth-order valence-electron chi connectivity index (χ4n) is 4.38. The van der Waals surface area contributed by atoms with Gasteiger partial charge in [0.25, 0.3) is 10.1 Å². The zero-order chi connectivity index (χ0) is 18.8. The van der Waals surface area contributed by atoms with Crippen molar-refractivity contribution in [2.75, 3.05) is 12.4 Å². The Labute approximate surface area is 154 Å². The predicted octanol–water partition coefficient (Wildman–Crippen LogP) is 3.19. The fourth-order valence-corrected chi connectivity index (χ4v) is 4.95. The number of benzene rings is 1. The summed E-state index contributed by atoms with van der Waals surface area (Å²) in [5.74, 6) is -0.363. The first-order chi connectivity index (χ1) is 12.3. The van der Waals surface area contributed by atoms with E-state index in [-0.39, 0.29) is 17.1 Å². The van der Waals surface area contributed by atoms with E-state index in [1.165, 1.54) is 11.1 Å². The number of fused-ring (bicyclic) bond motifs is 2. The highest BCUT2D eigenvalue weighted by molar-refractivity contribution is 7.85. The Kier molecular flexibility index (Phi) is 5.58. The van der Waals surface area contributed by atoms with Crippen LogP contribution in [0, 0.1) is 5.92 Å². The zero-order valence-electron chi connectivity index (χ0n) is 14.8. The average Bonchev–Trinajstić information content (AvgIpc) is 2.92. The molecule has 0 aliphatic heterocycles. The van der Waals surface area contributed by atoms with Crippen molar-refractivity contribution in [3.05, 3.63) is 29.3 Å². The van der Waals surface area contributed by atoms with Crippen LogP contribution in [-0.4, -0.2) is 36.4 Å². The summed E-state index contributed by atoms with van der Waals surface area (Å²) >= 11 is 0. The molecule has 2 aliphatic carbocycles. The zero-order valence-corrected chi connectivity index (χ0v) is 15.6. The third-order valence-electron chi connectivity index (χ3n) is 5.88. The highest BCUT2D eigenvalue weighted by Crippen LogP contribution is 2.50. The van der Waals surface area contributed by atoms with Crippen molar-refractivity contribution >= 4 is 16.1 Å². The first-order valence-electron chi connectivity index (χ1n) is 9.23. The first kappa shape index (κ1) is 19.2. The molecule has 1 aromatic carbocycles. The molecule has 3 rings (SSSR count). The summed E-state index contributed by atoms with van der Waals surface area (Å²) in [4.78, 5) is 11.2. The number of carboxylic acids is 1. The van der Waals surface area contributed by atoms with Gasteiger partial charge in [0.2, 0.25) is 0 Å². The van der Waals surface area contributed by atoms with E-state index < -0.39 is 16.1 Å². The molecule has 1 saturated carbocycles. The second-order valence-corrected chi connectivity index (χ2v) is 9.13. The van der Waals surface area contributed by atoms with Crippen LogP contribution in [0.5, 0.6) is 5.75 Å². The maximum Gasteiger partial charge on any atom is 0.306 e. The van der Waals surface area contributed by atoms with E-state index in [1.807, 2.05) is 6.07 Å². The number of aliphatic carboxylic acids is 1. The summed E-state index contributed by atoms with van der Waals surface area (Å²) in [5.41, 5.74) is 2.72. The Balaban J connectivity index is 1.60. The van der Waals surface area contributed by atoms with E-state index in [4.69, 9.17) is 9.29 Å². The topological polar surface area (TPSA) is 101 Å². The minimum atomic E-state index is -3.90. The van der Waals surface area contributed by atoms with Crippen LogP contribution >= 0.6 is 0 Å². The van der Waals surface area contributed by atoms with Crippen LogP contribution in [0.4, 0.5) is 0 Å². The summed E-state index contributed by atoms with van der Waals surface area (Å²) in [7, 11) is -3.90. The molecule has 0 saturated heterocycles. The number of rotatable bonds is 7. The van der Waals surface area contributed by atoms with Crippen molar-refractivity contribution in [2.24, 2.45) is 5.92 Å². The van der Waals surface area contributed by atoms with Gasteiger partial charge in [-0.3, -0.25) is 9.35 Å². The van der Waals surface area contributed by atoms with Crippen molar-refractivity contribution in [1.82, 2.24) is 0 Å². The molecule has 0 atom stereocenters. The normalized spacial score (nSPS) is 25.2. The fraction of sp³-hybridized carbons (Fsp3) is 0.632. The standard InChI is InChI=1S/C19H26O6S/c20-18(21)15-6-9-19(10-7-15)8-5-14-3-4-16(13-17(14)19)25-11-1-2-12-26(22,23)24/h3-4,13,15H,1-2,5-12H2,(H,20,21)(H,22,23,24). The van der Waals surface area contributed by atoms with Crippen molar-refractivity contribution < 1.29 is 27.6 Å². The van der Waals surface area contributed by atoms with Crippen LogP contribution in [0.15, 0.2) is 18.2 Å². The van der Waals surface area contributed by atoms with Gasteiger partial charge in [-0.1, -0.05) is 6.07 Å². The second-order valence-electron chi connectivity index (χ2n) is 7.55. The second kappa shape index (κ2) is 7.56. The van der Waals surface area contributed by atoms with Gasteiger partial charge in [0.15, 0.2) is 0 Å². The lowest BCUT2D eigenvalue weighted by Crippen LogP contribution is -2.32. The smallest absolute Gasteiger partial charge is 0.306 e. The highest BCUT2D eigenvalue weighted by Gasteiger charge is 2.42. The van der Waals surface area contributed by atoms with Crippen molar-refractivity contribution in [2.45, 2.75) is 56.8 Å². The van der Waals surface area contributed by atoms with Crippen LogP contribution in [0.2, 0.25) is 0 Å². The van der Waals surface area contributed by atoms with Gasteiger partial charge in [-0.25, -0.2) is 0 Å². The molecule has 6 nitrogen and oxygen atoms in total. The number of ether oxygens (including phenoxy) is 1. The number of carbonyl (C=O) groups is 1. The molecule has 0 radical (unpaired) electrons. The molecule has 0 amide bonds. The number of unbranched alkanes of at least 4 members (excludes halogenated alkanes) is 1. The van der Waals surface area contributed by atoms with Crippen LogP contribution in [0.1, 0.15) is 56.1 Å². The lowest BCUT2D eigenvalue weighted by molar-refractivity contribution is -0.143. The van der Waals surface area contributed by atoms with Gasteiger partial charge < -0.3 is 9.84 Å². The van der Waals surface area contributed by atoms with E-state index in [1.54, 1.807) is 0 Å². The van der Waals surface area contributed by atoms with E-state index in [9.17, 15) is 18.3 Å². The number of hydrogen-bond acceptors (Lipinski definition) is 4. The van der Waals surface area contributed by atoms with Gasteiger partial charge in [0, 0.05) is 0 Å². The molecule has 1 aromatic rings. The lowest BCUT2D eigenvalue weighted by Gasteiger charge is -2.37. The van der Waals surface area contributed by atoms with E-state index in [0.29, 0.717) is 19.4 Å². The Hall–Kier alpha value is -1.60. The molecule has 0 aromatic heterocycles. The van der Waals surface area contributed by atoms with Gasteiger partial charge in [0.05, 0.1) is 18.3 Å². The van der Waals surface area contributed by atoms with Gasteiger partial charge in [0.1, 0.15) is 5.75 Å². The van der Waals surface area contributed by atoms with Crippen LogP contribution < -0.4 is 4.74 Å². The molecule has 144 valence electrons. The largest absolute Gasteiger partial charge is 0.494 e. The summed E-state index contributed by atoms with van der Waals surface area (Å²) < 4.78 is 35.9. The molecule has 2 aliphatic rings. The third kappa shape index (κ3) is 4.38. The lowest BCUT2D eigenvalue weighted by atomic mass is 9.67. The first-order valence-corrected chi connectivity index (χ1v) is 10.8. The summed E-state index contributed by atoms with van der Waals surface area (Å²) in [6.45, 7) is 0.405. The van der Waals surface area contributed by atoms with Gasteiger partial charge in [-0.2, -0.15) is 8.42 Å². The molecule has 0 unspecified atom stereocenters. The minimum Gasteiger partial charge on any atom is -0.494 e. The minimum absolute atomic E-state index is 0.0889. The SMILES string of the molecule is O=C(O)C1CCC2(CCc3ccc(OCCCCS(=O)(=O)O)cc32)CC1. The Morgan fingerprint density at radius 2 is 1.92 bits per heavy atom. The van der Waals surface area contributed by atoms with Crippen LogP contribution in [0.3, 0.4) is 0 Å². The van der Waals surface area contributed by atoms with Gasteiger partial charge >= 0.3 is 5.97 Å². The Morgan fingerprint density at radius 1 is 1.19 bits per heavy atom. The molecule has 7 heteroatoms. The third-order valence-corrected chi connectivity index (χ3v) is 6.69. The summed E-state index contributed by atoms with van der Waals surface area (Å²) in [6, 6.07) is 6.14. The molecular formula is C19H26O6S. The molecule has 1 spiro atoms. The molecule has 26 heavy (non-hydrogen) atoms. The van der Waals surface area contributed by atoms with Gasteiger partial charge in [-0.05, 0) is 80.0 Å². The number of carboxylic acid groups (broad SMARTS) is 1. The summed E-state index contributed by atoms with van der Waals surface area (Å²) in [6.07, 6.45) is 6.31. The van der Waals surface area contributed by atoms with Crippen molar-refractivity contribution in [3.63, 3.8) is 0 Å². The Bertz CT molecular complexity index is 762. The van der Waals surface area contributed by atoms with Crippen LogP contribution in [-0.2, 0) is 26.7 Å². The summed E-state index contributed by atoms with van der Waals surface area (Å²) in [5, 5.41) is 9.23. The Morgan fingerprint density at radius 3 is 2.58 bits per heavy atom. The van der Waals surface area contributed by atoms with Crippen molar-refractivity contribution in [3.8, 4) is 5.75 Å². The number of hydrogen-bond donors (Lipinski definition) is 2. The van der Waals surface area contributed by atoms with Crippen LogP contribution in [0.25, 0.3) is 0 Å². The molecule has 1 fully saturated rings. The van der Waals surface area contributed by atoms with E-state index in [2.05, 4.69) is 12.1 Å². The molecule has 2 N–H and O–H groups in total. The van der Waals surface area contributed by atoms with Crippen molar-refractivity contribution in [1.29, 1.82) is 0 Å². The molecular weight excluding hydrogens is 356 g/mol. The quantitative estimate of drug-likeness (QED) is 0.555.